The summed E-state index contributed by atoms with van der Waals surface area (Å²) in [7, 11) is 0. The number of carbonyl (C=O) groups is 2. The van der Waals surface area contributed by atoms with Crippen molar-refractivity contribution in [1.82, 2.24) is 4.90 Å². The number of rotatable bonds is 2. The summed E-state index contributed by atoms with van der Waals surface area (Å²) in [5.74, 6) is -1.06. The molecule has 18 heavy (non-hydrogen) atoms. The van der Waals surface area contributed by atoms with Crippen molar-refractivity contribution < 1.29 is 19.1 Å². The molecule has 1 saturated heterocycles. The SMILES string of the molecule is CC1CCN(C(=O)c2ccoc2Cl)C(C(=O)O)C1. The zero-order chi connectivity index (χ0) is 13.3. The van der Waals surface area contributed by atoms with Crippen molar-refractivity contribution in [2.75, 3.05) is 6.54 Å². The van der Waals surface area contributed by atoms with Gasteiger partial charge in [0.2, 0.25) is 5.22 Å². The van der Waals surface area contributed by atoms with Crippen LogP contribution in [0.4, 0.5) is 0 Å². The van der Waals surface area contributed by atoms with Crippen molar-refractivity contribution in [3.8, 4) is 0 Å². The number of halogens is 1. The van der Waals surface area contributed by atoms with Crippen LogP contribution in [0.25, 0.3) is 0 Å². The molecule has 2 heterocycles. The van der Waals surface area contributed by atoms with Crippen LogP contribution < -0.4 is 0 Å². The number of likely N-dealkylation sites (tertiary alicyclic amines) is 1. The Labute approximate surface area is 109 Å². The average Bonchev–Trinajstić information content (AvgIpc) is 2.74. The fraction of sp³-hybridized carbons (Fsp3) is 0.500. The third-order valence-corrected chi connectivity index (χ3v) is 3.55. The van der Waals surface area contributed by atoms with Crippen molar-refractivity contribution in [3.63, 3.8) is 0 Å². The first-order valence-corrected chi connectivity index (χ1v) is 6.15. The Kier molecular flexibility index (Phi) is 3.61. The van der Waals surface area contributed by atoms with E-state index in [-0.39, 0.29) is 16.7 Å². The normalized spacial score (nSPS) is 24.0. The maximum absolute atomic E-state index is 12.2. The van der Waals surface area contributed by atoms with Gasteiger partial charge in [-0.3, -0.25) is 4.79 Å². The molecule has 0 bridgehead atoms. The summed E-state index contributed by atoms with van der Waals surface area (Å²) in [6.45, 7) is 2.42. The number of piperidine rings is 1. The number of furan rings is 1. The van der Waals surface area contributed by atoms with Gasteiger partial charge in [0.1, 0.15) is 6.04 Å². The largest absolute Gasteiger partial charge is 0.480 e. The molecule has 6 heteroatoms. The molecule has 1 amide bonds. The number of hydrogen-bond donors (Lipinski definition) is 1. The first-order chi connectivity index (χ1) is 8.50. The number of amides is 1. The highest BCUT2D eigenvalue weighted by molar-refractivity contribution is 6.32. The van der Waals surface area contributed by atoms with E-state index in [1.807, 2.05) is 6.92 Å². The predicted octanol–water partition coefficient (Wildman–Crippen LogP) is 2.26. The van der Waals surface area contributed by atoms with Gasteiger partial charge in [-0.25, -0.2) is 4.79 Å². The summed E-state index contributed by atoms with van der Waals surface area (Å²) >= 11 is 5.75. The summed E-state index contributed by atoms with van der Waals surface area (Å²) in [4.78, 5) is 24.8. The molecule has 1 aromatic rings. The lowest BCUT2D eigenvalue weighted by atomic mass is 9.92. The third-order valence-electron chi connectivity index (χ3n) is 3.26. The van der Waals surface area contributed by atoms with E-state index in [1.165, 1.54) is 17.2 Å². The van der Waals surface area contributed by atoms with E-state index in [0.717, 1.165) is 6.42 Å². The minimum atomic E-state index is -0.977. The lowest BCUT2D eigenvalue weighted by Gasteiger charge is -2.35. The molecule has 1 N–H and O–H groups in total. The van der Waals surface area contributed by atoms with Crippen molar-refractivity contribution >= 4 is 23.5 Å². The molecule has 2 rings (SSSR count). The first kappa shape index (κ1) is 13.0. The van der Waals surface area contributed by atoms with Crippen molar-refractivity contribution in [3.05, 3.63) is 23.1 Å². The topological polar surface area (TPSA) is 70.8 Å². The second-order valence-electron chi connectivity index (χ2n) is 4.59. The molecule has 98 valence electrons. The van der Waals surface area contributed by atoms with Crippen LogP contribution in [-0.2, 0) is 4.79 Å². The molecule has 1 fully saturated rings. The molecule has 0 spiro atoms. The number of hydrogen-bond acceptors (Lipinski definition) is 3. The van der Waals surface area contributed by atoms with E-state index in [1.54, 1.807) is 0 Å². The summed E-state index contributed by atoms with van der Waals surface area (Å²) < 4.78 is 4.86. The van der Waals surface area contributed by atoms with Crippen molar-refractivity contribution in [2.24, 2.45) is 5.92 Å². The second kappa shape index (κ2) is 5.02. The van der Waals surface area contributed by atoms with Gasteiger partial charge in [-0.15, -0.1) is 0 Å². The van der Waals surface area contributed by atoms with Gasteiger partial charge in [-0.1, -0.05) is 6.92 Å². The van der Waals surface area contributed by atoms with Gasteiger partial charge in [0.25, 0.3) is 5.91 Å². The van der Waals surface area contributed by atoms with E-state index in [4.69, 9.17) is 16.0 Å². The summed E-state index contributed by atoms with van der Waals surface area (Å²) in [6, 6.07) is 0.675. The van der Waals surface area contributed by atoms with Gasteiger partial charge >= 0.3 is 5.97 Å². The van der Waals surface area contributed by atoms with E-state index in [9.17, 15) is 14.7 Å². The zero-order valence-electron chi connectivity index (χ0n) is 9.93. The molecule has 1 aliphatic rings. The van der Waals surface area contributed by atoms with Gasteiger partial charge in [-0.2, -0.15) is 0 Å². The van der Waals surface area contributed by atoms with Gasteiger partial charge in [0, 0.05) is 6.54 Å². The zero-order valence-corrected chi connectivity index (χ0v) is 10.7. The Bertz CT molecular complexity index is 470. The van der Waals surface area contributed by atoms with E-state index in [2.05, 4.69) is 0 Å². The molecule has 0 radical (unpaired) electrons. The van der Waals surface area contributed by atoms with E-state index in [0.29, 0.717) is 18.9 Å². The number of carbonyl (C=O) groups excluding carboxylic acids is 1. The van der Waals surface area contributed by atoms with Crippen molar-refractivity contribution in [2.45, 2.75) is 25.8 Å². The molecule has 1 aliphatic heterocycles. The minimum absolute atomic E-state index is 0.00256. The summed E-state index contributed by atoms with van der Waals surface area (Å²) in [6.07, 6.45) is 2.58. The smallest absolute Gasteiger partial charge is 0.326 e. The summed E-state index contributed by atoms with van der Waals surface area (Å²) in [5.41, 5.74) is 0.220. The fourth-order valence-electron chi connectivity index (χ4n) is 2.22. The maximum atomic E-state index is 12.2. The molecular weight excluding hydrogens is 258 g/mol. The summed E-state index contributed by atoms with van der Waals surface area (Å²) in [5, 5.41) is 9.19. The standard InChI is InChI=1S/C12H14ClNO4/c1-7-2-4-14(9(6-7)12(16)17)11(15)8-3-5-18-10(8)13/h3,5,7,9H,2,4,6H2,1H3,(H,16,17). The fourth-order valence-corrected chi connectivity index (χ4v) is 2.41. The van der Waals surface area contributed by atoms with Gasteiger partial charge in [-0.05, 0) is 36.4 Å². The number of carboxylic acids is 1. The molecular formula is C12H14ClNO4. The second-order valence-corrected chi connectivity index (χ2v) is 4.93. The highest BCUT2D eigenvalue weighted by Gasteiger charge is 2.36. The number of nitrogens with zero attached hydrogens (tertiary/aromatic N) is 1. The van der Waals surface area contributed by atoms with Gasteiger partial charge in [0.15, 0.2) is 0 Å². The molecule has 1 aromatic heterocycles. The van der Waals surface area contributed by atoms with Crippen LogP contribution in [0.5, 0.6) is 0 Å². The Hall–Kier alpha value is -1.49. The van der Waals surface area contributed by atoms with Crippen LogP contribution in [0.3, 0.4) is 0 Å². The highest BCUT2D eigenvalue weighted by atomic mass is 35.5. The Morgan fingerprint density at radius 3 is 2.83 bits per heavy atom. The molecule has 0 aromatic carbocycles. The van der Waals surface area contributed by atoms with Gasteiger partial charge in [0.05, 0.1) is 11.8 Å². The minimum Gasteiger partial charge on any atom is -0.480 e. The van der Waals surface area contributed by atoms with E-state index >= 15 is 0 Å². The highest BCUT2D eigenvalue weighted by Crippen LogP contribution is 2.26. The van der Waals surface area contributed by atoms with Crippen LogP contribution in [0, 0.1) is 5.92 Å². The first-order valence-electron chi connectivity index (χ1n) is 5.77. The molecule has 2 unspecified atom stereocenters. The molecule has 5 nitrogen and oxygen atoms in total. The van der Waals surface area contributed by atoms with Crippen LogP contribution >= 0.6 is 11.6 Å². The van der Waals surface area contributed by atoms with Crippen LogP contribution in [0.15, 0.2) is 16.7 Å². The Balaban J connectivity index is 2.23. The van der Waals surface area contributed by atoms with Crippen LogP contribution in [0.1, 0.15) is 30.1 Å². The Morgan fingerprint density at radius 2 is 2.28 bits per heavy atom. The van der Waals surface area contributed by atoms with Crippen LogP contribution in [0.2, 0.25) is 5.22 Å². The molecule has 0 saturated carbocycles. The van der Waals surface area contributed by atoms with E-state index < -0.39 is 12.0 Å². The quantitative estimate of drug-likeness (QED) is 0.896. The Morgan fingerprint density at radius 1 is 1.56 bits per heavy atom. The van der Waals surface area contributed by atoms with Gasteiger partial charge < -0.3 is 14.4 Å². The predicted molar refractivity (Wildman–Crippen MR) is 64.6 cm³/mol. The lowest BCUT2D eigenvalue weighted by Crippen LogP contribution is -2.49. The third kappa shape index (κ3) is 2.36. The molecule has 0 aliphatic carbocycles. The lowest BCUT2D eigenvalue weighted by molar-refractivity contribution is -0.144. The monoisotopic (exact) mass is 271 g/mol. The maximum Gasteiger partial charge on any atom is 0.326 e. The van der Waals surface area contributed by atoms with Crippen LogP contribution in [-0.4, -0.2) is 34.5 Å². The number of carboxylic acid groups (broad SMARTS) is 1. The molecule has 2 atom stereocenters. The van der Waals surface area contributed by atoms with Crippen molar-refractivity contribution in [1.29, 1.82) is 0 Å². The average molecular weight is 272 g/mol. The number of aliphatic carboxylic acids is 1.